The largest absolute Gasteiger partial charge is 0.464 e. The molecule has 0 N–H and O–H groups in total. The van der Waals surface area contributed by atoms with Crippen LogP contribution in [0.5, 0.6) is 0 Å². The van der Waals surface area contributed by atoms with Gasteiger partial charge in [-0.1, -0.05) is 23.7 Å². The lowest BCUT2D eigenvalue weighted by Crippen LogP contribution is -2.29. The van der Waals surface area contributed by atoms with Crippen LogP contribution in [-0.2, 0) is 14.3 Å². The summed E-state index contributed by atoms with van der Waals surface area (Å²) in [6, 6.07) is 16.6. The van der Waals surface area contributed by atoms with E-state index < -0.39 is 17.7 Å². The normalized spacial score (nSPS) is 16.7. The minimum atomic E-state index is -0.909. The molecule has 6 rings (SSSR count). The van der Waals surface area contributed by atoms with Crippen LogP contribution in [0.15, 0.2) is 48.5 Å². The average molecular weight is 631 g/mol. The van der Waals surface area contributed by atoms with E-state index in [1.807, 2.05) is 58.9 Å². The number of esters is 1. The number of hydrogen-bond donors (Lipinski definition) is 0. The number of ether oxygens (including phenoxy) is 2. The Bertz CT molecular complexity index is 1850. The van der Waals surface area contributed by atoms with Crippen LogP contribution in [-0.4, -0.2) is 57.7 Å². The lowest BCUT2D eigenvalue weighted by atomic mass is 9.91. The summed E-state index contributed by atoms with van der Waals surface area (Å²) in [7, 11) is 2.18. The van der Waals surface area contributed by atoms with Gasteiger partial charge in [-0.05, 0) is 109 Å². The minimum Gasteiger partial charge on any atom is -0.464 e. The summed E-state index contributed by atoms with van der Waals surface area (Å²) in [4.78, 5) is 25.9. The molecular formula is C35H39ClN4O3S. The Hall–Kier alpha value is -3.30. The second kappa shape index (κ2) is 11.9. The first-order chi connectivity index (χ1) is 20.9. The summed E-state index contributed by atoms with van der Waals surface area (Å²) >= 11 is 7.94. The average Bonchev–Trinajstić information content (AvgIpc) is 3.66. The van der Waals surface area contributed by atoms with Gasteiger partial charge in [0.15, 0.2) is 6.10 Å². The highest BCUT2D eigenvalue weighted by Gasteiger charge is 2.34. The van der Waals surface area contributed by atoms with Gasteiger partial charge in [-0.2, -0.15) is 0 Å². The van der Waals surface area contributed by atoms with E-state index in [9.17, 15) is 4.79 Å². The molecule has 2 aromatic heterocycles. The van der Waals surface area contributed by atoms with E-state index in [0.29, 0.717) is 11.1 Å². The van der Waals surface area contributed by atoms with E-state index in [1.54, 1.807) is 11.3 Å². The van der Waals surface area contributed by atoms with Crippen molar-refractivity contribution in [3.63, 3.8) is 0 Å². The van der Waals surface area contributed by atoms with Crippen LogP contribution >= 0.6 is 22.9 Å². The van der Waals surface area contributed by atoms with Gasteiger partial charge in [0.05, 0.1) is 33.5 Å². The molecule has 0 amide bonds. The number of likely N-dealkylation sites (tertiary alicyclic amines) is 1. The molecule has 0 unspecified atom stereocenters. The lowest BCUT2D eigenvalue weighted by Gasteiger charge is -2.29. The van der Waals surface area contributed by atoms with Crippen molar-refractivity contribution in [2.45, 2.75) is 65.7 Å². The summed E-state index contributed by atoms with van der Waals surface area (Å²) < 4.78 is 15.4. The molecule has 1 aliphatic rings. The highest BCUT2D eigenvalue weighted by Crippen LogP contribution is 2.45. The Morgan fingerprint density at radius 1 is 1.07 bits per heavy atom. The van der Waals surface area contributed by atoms with Gasteiger partial charge < -0.3 is 18.9 Å². The van der Waals surface area contributed by atoms with Crippen molar-refractivity contribution in [3.05, 3.63) is 70.5 Å². The molecule has 44 heavy (non-hydrogen) atoms. The number of carbonyl (C=O) groups excluding carboxylic acids is 1. The van der Waals surface area contributed by atoms with Gasteiger partial charge in [-0.15, -0.1) is 11.3 Å². The Kier molecular flexibility index (Phi) is 8.30. The number of likely N-dealkylation sites (N-methyl/N-ethyl adjacent to an activating group) is 1. The highest BCUT2D eigenvalue weighted by molar-refractivity contribution is 7.22. The van der Waals surface area contributed by atoms with Crippen molar-refractivity contribution in [1.82, 2.24) is 19.4 Å². The second-order valence-corrected chi connectivity index (χ2v) is 14.1. The molecule has 3 heterocycles. The maximum atomic E-state index is 13.5. The molecule has 0 spiro atoms. The number of benzene rings is 3. The number of halogens is 1. The molecule has 0 bridgehead atoms. The van der Waals surface area contributed by atoms with E-state index in [0.717, 1.165) is 79.4 Å². The summed E-state index contributed by atoms with van der Waals surface area (Å²) in [6.07, 6.45) is 0.202. The number of thiazole rings is 1. The van der Waals surface area contributed by atoms with E-state index in [-0.39, 0.29) is 6.61 Å². The molecular weight excluding hydrogens is 592 g/mol. The van der Waals surface area contributed by atoms with E-state index in [4.69, 9.17) is 31.0 Å². The minimum absolute atomic E-state index is 0.265. The molecule has 2 atom stereocenters. The number of fused-ring (bicyclic) bond motifs is 2. The predicted molar refractivity (Wildman–Crippen MR) is 180 cm³/mol. The molecule has 7 nitrogen and oxygen atoms in total. The van der Waals surface area contributed by atoms with Crippen LogP contribution in [0.4, 0.5) is 0 Å². The Balaban J connectivity index is 1.55. The highest BCUT2D eigenvalue weighted by atomic mass is 35.5. The molecule has 230 valence electrons. The Labute approximate surface area is 267 Å². The molecule has 1 aliphatic heterocycles. The van der Waals surface area contributed by atoms with E-state index in [1.165, 1.54) is 0 Å². The zero-order valence-corrected chi connectivity index (χ0v) is 28.0. The molecule has 5 aromatic rings. The molecule has 0 aliphatic carbocycles. The number of hydrogen-bond acceptors (Lipinski definition) is 7. The van der Waals surface area contributed by atoms with E-state index in [2.05, 4.69) is 47.7 Å². The van der Waals surface area contributed by atoms with Gasteiger partial charge in [-0.25, -0.2) is 14.8 Å². The zero-order chi connectivity index (χ0) is 31.3. The number of rotatable bonds is 7. The second-order valence-electron chi connectivity index (χ2n) is 12.7. The molecule has 3 aromatic carbocycles. The standard InChI is InChI=1S/C35H39ClN4O3S/c1-8-42-34(41)31(43-35(4,5)6)29-20(2)17-27-32(30(29)22-9-12-24(36)13-10-22)44-33(38-27)23-11-14-26-28(18-23)40(21(3)37-26)25-15-16-39(7)19-25/h9-14,17-18,25,31H,8,15-16,19H2,1-7H3/t25-,31+/m1/s1. The Morgan fingerprint density at radius 3 is 2.45 bits per heavy atom. The fraction of sp³-hybridized carbons (Fsp3) is 0.400. The van der Waals surface area contributed by atoms with Crippen LogP contribution in [0.25, 0.3) is 42.9 Å². The van der Waals surface area contributed by atoms with Crippen molar-refractivity contribution in [2.75, 3.05) is 26.7 Å². The summed E-state index contributed by atoms with van der Waals surface area (Å²) in [6.45, 7) is 14.1. The van der Waals surface area contributed by atoms with Crippen molar-refractivity contribution in [2.24, 2.45) is 0 Å². The van der Waals surface area contributed by atoms with Crippen LogP contribution in [0, 0.1) is 13.8 Å². The monoisotopic (exact) mass is 630 g/mol. The van der Waals surface area contributed by atoms with Gasteiger partial charge in [0.1, 0.15) is 10.8 Å². The quantitative estimate of drug-likeness (QED) is 0.168. The van der Waals surface area contributed by atoms with Crippen LogP contribution in [0.1, 0.15) is 63.2 Å². The maximum absolute atomic E-state index is 13.5. The summed E-state index contributed by atoms with van der Waals surface area (Å²) in [5.74, 6) is 0.632. The van der Waals surface area contributed by atoms with Gasteiger partial charge in [0, 0.05) is 34.3 Å². The number of aryl methyl sites for hydroxylation is 2. The molecule has 1 saturated heterocycles. The smallest absolute Gasteiger partial charge is 0.339 e. The summed E-state index contributed by atoms with van der Waals surface area (Å²) in [5, 5.41) is 1.55. The first-order valence-electron chi connectivity index (χ1n) is 15.2. The summed E-state index contributed by atoms with van der Waals surface area (Å²) in [5.41, 5.74) is 7.02. The first kappa shape index (κ1) is 30.7. The van der Waals surface area contributed by atoms with Crippen LogP contribution in [0.2, 0.25) is 5.02 Å². The number of nitrogens with zero attached hydrogens (tertiary/aromatic N) is 4. The first-order valence-corrected chi connectivity index (χ1v) is 16.3. The maximum Gasteiger partial charge on any atom is 0.339 e. The van der Waals surface area contributed by atoms with Gasteiger partial charge >= 0.3 is 5.97 Å². The molecule has 0 radical (unpaired) electrons. The molecule has 0 saturated carbocycles. The third-order valence-electron chi connectivity index (χ3n) is 8.14. The van der Waals surface area contributed by atoms with Gasteiger partial charge in [0.25, 0.3) is 0 Å². The fourth-order valence-electron chi connectivity index (χ4n) is 6.30. The lowest BCUT2D eigenvalue weighted by molar-refractivity contribution is -0.166. The number of carbonyl (C=O) groups is 1. The predicted octanol–water partition coefficient (Wildman–Crippen LogP) is 8.55. The number of aromatic nitrogens is 3. The molecule has 9 heteroatoms. The fourth-order valence-corrected chi connectivity index (χ4v) is 7.55. The van der Waals surface area contributed by atoms with Crippen molar-refractivity contribution >= 4 is 50.2 Å². The van der Waals surface area contributed by atoms with E-state index >= 15 is 0 Å². The van der Waals surface area contributed by atoms with Crippen molar-refractivity contribution in [3.8, 4) is 21.7 Å². The Morgan fingerprint density at radius 2 is 1.80 bits per heavy atom. The third kappa shape index (κ3) is 5.88. The van der Waals surface area contributed by atoms with Crippen molar-refractivity contribution in [1.29, 1.82) is 0 Å². The zero-order valence-electron chi connectivity index (χ0n) is 26.4. The topological polar surface area (TPSA) is 69.5 Å². The van der Waals surface area contributed by atoms with Crippen molar-refractivity contribution < 1.29 is 14.3 Å². The number of imidazole rings is 1. The third-order valence-corrected chi connectivity index (χ3v) is 9.53. The van der Waals surface area contributed by atoms with Gasteiger partial charge in [0.2, 0.25) is 0 Å². The SMILES string of the molecule is CCOC(=O)[C@@H](OC(C)(C)C)c1c(C)cc2nc(-c3ccc4nc(C)n([C@@H]5CCN(C)C5)c4c3)sc2c1-c1ccc(Cl)cc1. The van der Waals surface area contributed by atoms with Crippen LogP contribution in [0.3, 0.4) is 0 Å². The van der Waals surface area contributed by atoms with Gasteiger partial charge in [-0.3, -0.25) is 0 Å². The van der Waals surface area contributed by atoms with Crippen LogP contribution < -0.4 is 0 Å². The molecule has 1 fully saturated rings.